The van der Waals surface area contributed by atoms with E-state index in [9.17, 15) is 4.79 Å². The van der Waals surface area contributed by atoms with Crippen LogP contribution in [0, 0.1) is 6.92 Å². The van der Waals surface area contributed by atoms with Gasteiger partial charge in [0.15, 0.2) is 0 Å². The lowest BCUT2D eigenvalue weighted by atomic mass is 9.96. The molecule has 27 heavy (non-hydrogen) atoms. The van der Waals surface area contributed by atoms with Crippen LogP contribution >= 0.6 is 0 Å². The zero-order valence-electron chi connectivity index (χ0n) is 15.3. The number of nitrogens with zero attached hydrogens (tertiary/aromatic N) is 3. The standard InChI is InChI=1S/C21H20N4O2/c1-3-27-21(26)18-12-16(14(2)19-20(18)23-13-22-19)11-15-5-7-17(8-6-15)25-10-4-9-24-25/h4-10,12-13H,3,11H2,1-2H3,(H,22,23). The quantitative estimate of drug-likeness (QED) is 0.549. The number of H-pyrrole nitrogens is 1. The van der Waals surface area contributed by atoms with Crippen molar-refractivity contribution >= 4 is 17.0 Å². The average Bonchev–Trinajstić information content (AvgIpc) is 3.37. The first-order valence-electron chi connectivity index (χ1n) is 8.89. The van der Waals surface area contributed by atoms with E-state index in [1.54, 1.807) is 19.4 Å². The number of hydrogen-bond acceptors (Lipinski definition) is 4. The molecule has 0 radical (unpaired) electrons. The van der Waals surface area contributed by atoms with E-state index in [1.807, 2.05) is 42.1 Å². The summed E-state index contributed by atoms with van der Waals surface area (Å²) < 4.78 is 7.03. The third-order valence-electron chi connectivity index (χ3n) is 4.66. The minimum atomic E-state index is -0.331. The number of aromatic nitrogens is 4. The Kier molecular flexibility index (Phi) is 4.46. The lowest BCUT2D eigenvalue weighted by Gasteiger charge is -2.11. The van der Waals surface area contributed by atoms with Gasteiger partial charge in [-0.05, 0) is 61.2 Å². The molecule has 0 aliphatic rings. The number of carbonyl (C=O) groups is 1. The molecule has 0 atom stereocenters. The molecule has 4 aromatic rings. The van der Waals surface area contributed by atoms with Crippen molar-refractivity contribution in [2.24, 2.45) is 0 Å². The fourth-order valence-electron chi connectivity index (χ4n) is 3.25. The molecule has 136 valence electrons. The molecule has 0 saturated carbocycles. The van der Waals surface area contributed by atoms with Gasteiger partial charge in [-0.3, -0.25) is 0 Å². The van der Waals surface area contributed by atoms with Gasteiger partial charge in [0.2, 0.25) is 0 Å². The van der Waals surface area contributed by atoms with Crippen molar-refractivity contribution in [1.82, 2.24) is 19.7 Å². The van der Waals surface area contributed by atoms with Crippen molar-refractivity contribution < 1.29 is 9.53 Å². The van der Waals surface area contributed by atoms with Crippen LogP contribution in [0.25, 0.3) is 16.7 Å². The average molecular weight is 360 g/mol. The maximum atomic E-state index is 12.4. The summed E-state index contributed by atoms with van der Waals surface area (Å²) in [5.41, 5.74) is 6.35. The van der Waals surface area contributed by atoms with E-state index < -0.39 is 0 Å². The predicted octanol–water partition coefficient (Wildman–Crippen LogP) is 3.82. The van der Waals surface area contributed by atoms with Gasteiger partial charge >= 0.3 is 5.97 Å². The van der Waals surface area contributed by atoms with Crippen molar-refractivity contribution in [3.63, 3.8) is 0 Å². The molecule has 0 unspecified atom stereocenters. The molecule has 1 N–H and O–H groups in total. The summed E-state index contributed by atoms with van der Waals surface area (Å²) in [4.78, 5) is 19.8. The molecular weight excluding hydrogens is 340 g/mol. The van der Waals surface area contributed by atoms with Crippen molar-refractivity contribution in [3.05, 3.63) is 77.4 Å². The summed E-state index contributed by atoms with van der Waals surface area (Å²) in [6.45, 7) is 4.18. The first kappa shape index (κ1) is 17.0. The largest absolute Gasteiger partial charge is 0.462 e. The van der Waals surface area contributed by atoms with E-state index in [-0.39, 0.29) is 5.97 Å². The van der Waals surface area contributed by atoms with E-state index in [2.05, 4.69) is 27.2 Å². The van der Waals surface area contributed by atoms with E-state index in [1.165, 1.54) is 0 Å². The van der Waals surface area contributed by atoms with Crippen LogP contribution in [0.15, 0.2) is 55.1 Å². The topological polar surface area (TPSA) is 72.8 Å². The van der Waals surface area contributed by atoms with Gasteiger partial charge in [0.05, 0.1) is 35.2 Å². The molecule has 0 bridgehead atoms. The molecule has 0 spiro atoms. The summed E-state index contributed by atoms with van der Waals surface area (Å²) in [7, 11) is 0. The Morgan fingerprint density at radius 1 is 1.26 bits per heavy atom. The minimum absolute atomic E-state index is 0.331. The number of aromatic amines is 1. The van der Waals surface area contributed by atoms with Gasteiger partial charge in [-0.1, -0.05) is 12.1 Å². The number of hydrogen-bond donors (Lipinski definition) is 1. The Balaban J connectivity index is 1.69. The second kappa shape index (κ2) is 7.07. The normalized spacial score (nSPS) is 11.0. The molecule has 0 aliphatic carbocycles. The van der Waals surface area contributed by atoms with E-state index >= 15 is 0 Å². The van der Waals surface area contributed by atoms with Gasteiger partial charge in [-0.2, -0.15) is 5.10 Å². The molecule has 2 aromatic heterocycles. The van der Waals surface area contributed by atoms with Crippen molar-refractivity contribution in [1.29, 1.82) is 0 Å². The highest BCUT2D eigenvalue weighted by Crippen LogP contribution is 2.26. The molecule has 2 heterocycles. The maximum Gasteiger partial charge on any atom is 0.340 e. The van der Waals surface area contributed by atoms with Gasteiger partial charge in [0.1, 0.15) is 0 Å². The molecular formula is C21H20N4O2. The van der Waals surface area contributed by atoms with Crippen molar-refractivity contribution in [2.45, 2.75) is 20.3 Å². The zero-order chi connectivity index (χ0) is 18.8. The highest BCUT2D eigenvalue weighted by molar-refractivity contribution is 6.03. The first-order valence-corrected chi connectivity index (χ1v) is 8.89. The highest BCUT2D eigenvalue weighted by Gasteiger charge is 2.17. The number of ether oxygens (including phenoxy) is 1. The van der Waals surface area contributed by atoms with E-state index in [0.717, 1.165) is 33.4 Å². The Hall–Kier alpha value is -3.41. The Labute approximate surface area is 156 Å². The number of benzene rings is 2. The predicted molar refractivity (Wildman–Crippen MR) is 103 cm³/mol. The van der Waals surface area contributed by atoms with Crippen molar-refractivity contribution in [2.75, 3.05) is 6.61 Å². The Bertz CT molecular complexity index is 1080. The number of imidazole rings is 1. The summed E-state index contributed by atoms with van der Waals surface area (Å²) in [5, 5.41) is 4.24. The van der Waals surface area contributed by atoms with Crippen LogP contribution in [-0.4, -0.2) is 32.3 Å². The molecule has 0 saturated heterocycles. The summed E-state index contributed by atoms with van der Waals surface area (Å²) in [6.07, 6.45) is 5.99. The highest BCUT2D eigenvalue weighted by atomic mass is 16.5. The molecule has 0 aliphatic heterocycles. The van der Waals surface area contributed by atoms with Crippen LogP contribution in [0.5, 0.6) is 0 Å². The van der Waals surface area contributed by atoms with Gasteiger partial charge in [0.25, 0.3) is 0 Å². The van der Waals surface area contributed by atoms with Crippen LogP contribution in [0.3, 0.4) is 0 Å². The maximum absolute atomic E-state index is 12.4. The molecule has 2 aromatic carbocycles. The lowest BCUT2D eigenvalue weighted by Crippen LogP contribution is -2.07. The van der Waals surface area contributed by atoms with E-state index in [4.69, 9.17) is 4.74 Å². The fraction of sp³-hybridized carbons (Fsp3) is 0.190. The smallest absolute Gasteiger partial charge is 0.340 e. The summed E-state index contributed by atoms with van der Waals surface area (Å²) >= 11 is 0. The second-order valence-electron chi connectivity index (χ2n) is 6.35. The van der Waals surface area contributed by atoms with Gasteiger partial charge < -0.3 is 9.72 Å². The SMILES string of the molecule is CCOC(=O)c1cc(Cc2ccc(-n3cccn3)cc2)c(C)c2nc[nH]c12. The van der Waals surface area contributed by atoms with Crippen LogP contribution in [0.2, 0.25) is 0 Å². The number of nitrogens with one attached hydrogen (secondary N) is 1. The Morgan fingerprint density at radius 2 is 2.07 bits per heavy atom. The van der Waals surface area contributed by atoms with E-state index in [0.29, 0.717) is 18.6 Å². The van der Waals surface area contributed by atoms with Crippen molar-refractivity contribution in [3.8, 4) is 5.69 Å². The number of aryl methyl sites for hydroxylation is 1. The molecule has 0 amide bonds. The van der Waals surface area contributed by atoms with Crippen LogP contribution in [-0.2, 0) is 11.2 Å². The second-order valence-corrected chi connectivity index (χ2v) is 6.35. The number of carbonyl (C=O) groups excluding carboxylic acids is 1. The number of esters is 1. The van der Waals surface area contributed by atoms with Gasteiger partial charge in [-0.15, -0.1) is 0 Å². The monoisotopic (exact) mass is 360 g/mol. The first-order chi connectivity index (χ1) is 13.2. The van der Waals surface area contributed by atoms with Crippen LogP contribution < -0.4 is 0 Å². The van der Waals surface area contributed by atoms with Gasteiger partial charge in [-0.25, -0.2) is 14.5 Å². The molecule has 6 nitrogen and oxygen atoms in total. The third-order valence-corrected chi connectivity index (χ3v) is 4.66. The Morgan fingerprint density at radius 3 is 2.78 bits per heavy atom. The minimum Gasteiger partial charge on any atom is -0.462 e. The molecule has 0 fully saturated rings. The summed E-state index contributed by atoms with van der Waals surface area (Å²) in [6, 6.07) is 12.0. The zero-order valence-corrected chi connectivity index (χ0v) is 15.3. The molecule has 6 heteroatoms. The third kappa shape index (κ3) is 3.21. The lowest BCUT2D eigenvalue weighted by molar-refractivity contribution is 0.0528. The fourth-order valence-corrected chi connectivity index (χ4v) is 3.25. The van der Waals surface area contributed by atoms with Crippen LogP contribution in [0.4, 0.5) is 0 Å². The summed E-state index contributed by atoms with van der Waals surface area (Å²) in [5.74, 6) is -0.331. The van der Waals surface area contributed by atoms with Crippen LogP contribution in [0.1, 0.15) is 34.0 Å². The van der Waals surface area contributed by atoms with Gasteiger partial charge in [0, 0.05) is 12.4 Å². The number of rotatable bonds is 5. The molecule has 4 rings (SSSR count). The number of fused-ring (bicyclic) bond motifs is 1.